The van der Waals surface area contributed by atoms with Crippen molar-refractivity contribution < 1.29 is 69.9 Å². The number of azo groups is 2. The van der Waals surface area contributed by atoms with Gasteiger partial charge in [0.2, 0.25) is 11.9 Å². The van der Waals surface area contributed by atoms with E-state index in [1.807, 2.05) is 0 Å². The van der Waals surface area contributed by atoms with Crippen LogP contribution in [0.5, 0.6) is 5.75 Å². The molecule has 6 rings (SSSR count). The molecule has 29 nitrogen and oxygen atoms in total. The van der Waals surface area contributed by atoms with E-state index in [0.717, 1.165) is 30.3 Å². The molecule has 1 aromatic heterocycles. The standard InChI is InChI=1S/C35H31N13O16S4/c1-14-8-15(2)38-32(37-14)43-34(51)40-18-4-6-22(65-63-61-53)20(12-18)45-48-30-25(68(58,59)60)11-17-10-23(66-64-62-54)29(31(50)27(17)28(30)36)47-46-21-13-19(5-7-24(21)67(55,56)57)41-35(52)44-33-39-16(3)9-26(49)42-33/h4-13,50,53-54H,1,36H2,2-3H3,(H,55,56,57)(H,58,59,60)(H3,37,38,40,43,51)(H3,39,41,42,44,49,52). The van der Waals surface area contributed by atoms with Gasteiger partial charge in [-0.25, -0.2) is 25.1 Å². The molecular weight excluding hydrogens is 987 g/mol. The first-order valence-electron chi connectivity index (χ1n) is 18.1. The second-order valence-electron chi connectivity index (χ2n) is 13.3. The molecule has 4 amide bonds. The maximum atomic E-state index is 12.8. The molecule has 4 aromatic carbocycles. The van der Waals surface area contributed by atoms with Gasteiger partial charge in [0.1, 0.15) is 32.5 Å². The van der Waals surface area contributed by atoms with Gasteiger partial charge in [-0.1, -0.05) is 16.7 Å². The molecule has 0 fully saturated rings. The number of nitrogens with one attached hydrogen (secondary N) is 6. The quantitative estimate of drug-likeness (QED) is 0.0127. The Morgan fingerprint density at radius 2 is 1.38 bits per heavy atom. The molecule has 0 saturated carbocycles. The van der Waals surface area contributed by atoms with Gasteiger partial charge in [-0.3, -0.25) is 24.5 Å². The van der Waals surface area contributed by atoms with Crippen LogP contribution in [-0.2, 0) is 39.0 Å². The van der Waals surface area contributed by atoms with E-state index >= 15 is 0 Å². The molecule has 0 saturated heterocycles. The van der Waals surface area contributed by atoms with Crippen molar-refractivity contribution in [1.29, 1.82) is 0 Å². The fourth-order valence-corrected chi connectivity index (χ4v) is 8.01. The molecule has 2 heterocycles. The number of amides is 4. The lowest BCUT2D eigenvalue weighted by atomic mass is 10.1. The lowest BCUT2D eigenvalue weighted by molar-refractivity contribution is -0.432. The predicted octanol–water partition coefficient (Wildman–Crippen LogP) is 6.84. The first-order valence-corrected chi connectivity index (χ1v) is 22.4. The highest BCUT2D eigenvalue weighted by Crippen LogP contribution is 2.50. The number of nitrogens with two attached hydrogens (primary N) is 1. The number of rotatable bonds is 15. The molecule has 0 spiro atoms. The average molecular weight is 1020 g/mol. The first-order chi connectivity index (χ1) is 32.1. The number of aromatic amines is 1. The van der Waals surface area contributed by atoms with Gasteiger partial charge in [-0.15, -0.1) is 29.1 Å². The number of fused-ring (bicyclic) bond motifs is 1. The zero-order valence-electron chi connectivity index (χ0n) is 34.1. The normalized spacial score (nSPS) is 13.1. The number of allylic oxidation sites excluding steroid dienone is 2. The van der Waals surface area contributed by atoms with Crippen molar-refractivity contribution in [2.45, 2.75) is 33.4 Å². The Morgan fingerprint density at radius 1 is 0.779 bits per heavy atom. The Kier molecular flexibility index (Phi) is 15.5. The van der Waals surface area contributed by atoms with Gasteiger partial charge in [0.15, 0.2) is 5.75 Å². The van der Waals surface area contributed by atoms with Crippen LogP contribution in [0.15, 0.2) is 128 Å². The summed E-state index contributed by atoms with van der Waals surface area (Å²) in [7, 11) is -10.3. The third-order valence-electron chi connectivity index (χ3n) is 8.42. The number of aryl methyl sites for hydroxylation is 1. The molecule has 1 aliphatic rings. The van der Waals surface area contributed by atoms with Crippen molar-refractivity contribution in [2.75, 3.05) is 21.7 Å². The minimum absolute atomic E-state index is 0.0269. The highest BCUT2D eigenvalue weighted by atomic mass is 32.2. The lowest BCUT2D eigenvalue weighted by Crippen LogP contribution is -2.43. The minimum Gasteiger partial charge on any atom is -0.505 e. The number of phenolic OH excluding ortho intramolecular Hbond substituents is 1. The summed E-state index contributed by atoms with van der Waals surface area (Å²) >= 11 is 0.536. The van der Waals surface area contributed by atoms with Crippen LogP contribution < -0.4 is 37.9 Å². The van der Waals surface area contributed by atoms with E-state index in [1.54, 1.807) is 13.0 Å². The summed E-state index contributed by atoms with van der Waals surface area (Å²) < 4.78 is 79.7. The highest BCUT2D eigenvalue weighted by Gasteiger charge is 2.26. The van der Waals surface area contributed by atoms with Gasteiger partial charge in [-0.05, 0) is 73.8 Å². The van der Waals surface area contributed by atoms with Crippen molar-refractivity contribution >= 4 is 119 Å². The Morgan fingerprint density at radius 3 is 2.01 bits per heavy atom. The number of hydrogen-bond donors (Lipinski definition) is 12. The summed E-state index contributed by atoms with van der Waals surface area (Å²) in [5, 5.41) is 64.2. The lowest BCUT2D eigenvalue weighted by Gasteiger charge is -2.16. The van der Waals surface area contributed by atoms with Crippen LogP contribution >= 0.6 is 24.1 Å². The number of benzene rings is 4. The van der Waals surface area contributed by atoms with Crippen LogP contribution in [0, 0.1) is 6.92 Å². The number of nitrogens with zero attached hydrogens (tertiary/aromatic N) is 6. The number of anilines is 4. The number of carbonyl (C=O) groups is 2. The summed E-state index contributed by atoms with van der Waals surface area (Å²) in [5.74, 6) is -1.13. The third-order valence-corrected chi connectivity index (χ3v) is 11.5. The van der Waals surface area contributed by atoms with Crippen molar-refractivity contribution in [3.05, 3.63) is 94.7 Å². The smallest absolute Gasteiger partial charge is 0.326 e. The molecule has 33 heteroatoms. The summed E-state index contributed by atoms with van der Waals surface area (Å²) in [6.07, 6.45) is 1.63. The maximum Gasteiger partial charge on any atom is 0.326 e. The minimum atomic E-state index is -5.24. The average Bonchev–Trinajstić information content (AvgIpc) is 3.23. The first kappa shape index (κ1) is 50.0. The maximum absolute atomic E-state index is 12.8. The van der Waals surface area contributed by atoms with Gasteiger partial charge in [0.05, 0.1) is 50.6 Å². The number of urea groups is 2. The van der Waals surface area contributed by atoms with Gasteiger partial charge in [-0.2, -0.15) is 21.8 Å². The zero-order valence-corrected chi connectivity index (χ0v) is 37.4. The van der Waals surface area contributed by atoms with Crippen LogP contribution in [0.25, 0.3) is 10.8 Å². The van der Waals surface area contributed by atoms with Crippen LogP contribution in [0.4, 0.5) is 55.3 Å². The largest absolute Gasteiger partial charge is 0.505 e. The van der Waals surface area contributed by atoms with E-state index in [0.29, 0.717) is 29.1 Å². The van der Waals surface area contributed by atoms with Crippen molar-refractivity contribution in [3.8, 4) is 5.75 Å². The van der Waals surface area contributed by atoms with Crippen molar-refractivity contribution in [2.24, 2.45) is 25.4 Å². The van der Waals surface area contributed by atoms with E-state index in [1.165, 1.54) is 31.2 Å². The summed E-state index contributed by atoms with van der Waals surface area (Å²) in [5.41, 5.74) is 4.05. The monoisotopic (exact) mass is 1020 g/mol. The number of hydrogen-bond acceptors (Lipinski definition) is 24. The van der Waals surface area contributed by atoms with Crippen LogP contribution in [0.3, 0.4) is 0 Å². The van der Waals surface area contributed by atoms with E-state index < -0.39 is 81.5 Å². The topological polar surface area (TPSA) is 434 Å². The summed E-state index contributed by atoms with van der Waals surface area (Å²) in [6.45, 7) is 6.97. The third kappa shape index (κ3) is 12.5. The number of carbonyl (C=O) groups excluding carboxylic acids is 2. The molecule has 1 aliphatic heterocycles. The molecule has 0 atom stereocenters. The summed E-state index contributed by atoms with van der Waals surface area (Å²) in [6, 6.07) is 7.96. The number of phenols is 1. The Balaban J connectivity index is 1.42. The molecule has 356 valence electrons. The summed E-state index contributed by atoms with van der Waals surface area (Å²) in [4.78, 5) is 45.5. The van der Waals surface area contributed by atoms with Gasteiger partial charge in [0.25, 0.3) is 25.8 Å². The van der Waals surface area contributed by atoms with E-state index in [4.69, 9.17) is 16.2 Å². The molecule has 0 radical (unpaired) electrons. The predicted molar refractivity (Wildman–Crippen MR) is 240 cm³/mol. The number of H-pyrrole nitrogens is 1. The number of aliphatic imine (C=N–C) groups is 1. The molecule has 13 N–H and O–H groups in total. The van der Waals surface area contributed by atoms with Crippen LogP contribution in [0.1, 0.15) is 12.6 Å². The van der Waals surface area contributed by atoms with Crippen molar-refractivity contribution in [1.82, 2.24) is 20.6 Å². The van der Waals surface area contributed by atoms with Crippen molar-refractivity contribution in [3.63, 3.8) is 0 Å². The number of nitrogen functional groups attached to an aromatic ring is 1. The Labute approximate surface area is 388 Å². The molecule has 0 unspecified atom stereocenters. The molecule has 68 heavy (non-hydrogen) atoms. The molecule has 0 aliphatic carbocycles. The number of aromatic nitrogens is 2. The fraction of sp³-hybridized carbons (Fsp3) is 0.0571. The molecule has 5 aromatic rings. The highest BCUT2D eigenvalue weighted by molar-refractivity contribution is 7.95. The van der Waals surface area contributed by atoms with E-state index in [9.17, 15) is 45.4 Å². The fourth-order valence-electron chi connectivity index (χ4n) is 5.83. The molecule has 0 bridgehead atoms. The van der Waals surface area contributed by atoms with E-state index in [-0.39, 0.29) is 56.2 Å². The number of guanidine groups is 1. The second-order valence-corrected chi connectivity index (χ2v) is 17.6. The zero-order chi connectivity index (χ0) is 49.5. The number of aromatic hydroxyl groups is 1. The Bertz CT molecular complexity index is 3290. The van der Waals surface area contributed by atoms with Crippen LogP contribution in [-0.4, -0.2) is 69.6 Å². The SMILES string of the molecule is C=C1C=C(C)NC(NC(=O)Nc2ccc(SOOO)c(N=Nc3c(S(=O)(=O)O)cc4cc(SOOO)c(N=Nc5cc(NC(=O)Nc6nc(=O)cc(C)[nH]6)ccc5S(=O)(=O)O)c(O)c4c3N)c2)=N1. The van der Waals surface area contributed by atoms with Gasteiger partial charge < -0.3 is 31.8 Å². The molecular formula is C35H31N13O16S4. The second kappa shape index (κ2) is 21.0. The van der Waals surface area contributed by atoms with Gasteiger partial charge in [0, 0.05) is 28.8 Å². The Hall–Kier alpha value is -7.41. The van der Waals surface area contributed by atoms with E-state index in [2.05, 4.69) is 87.3 Å². The van der Waals surface area contributed by atoms with Gasteiger partial charge >= 0.3 is 12.1 Å². The van der Waals surface area contributed by atoms with Crippen LogP contribution in [0.2, 0.25) is 0 Å².